The number of hydrogen-bond acceptors (Lipinski definition) is 3. The lowest BCUT2D eigenvalue weighted by atomic mass is 9.96. The lowest BCUT2D eigenvalue weighted by molar-refractivity contribution is 0.285. The summed E-state index contributed by atoms with van der Waals surface area (Å²) in [6.07, 6.45) is 6.71. The molecule has 1 heterocycles. The maximum Gasteiger partial charge on any atom is 0.260 e. The molecular weight excluding hydrogens is 274 g/mol. The molecule has 1 aliphatic carbocycles. The largest absolute Gasteiger partial charge is 0.266 e. The summed E-state index contributed by atoms with van der Waals surface area (Å²) in [5.41, 5.74) is 0.527. The Labute approximate surface area is 113 Å². The average Bonchev–Trinajstić information content (AvgIpc) is 2.88. The molecule has 1 N–H and O–H groups in total. The Morgan fingerprint density at radius 1 is 1.44 bits per heavy atom. The number of nitrogens with zero attached hydrogens (tertiary/aromatic N) is 2. The zero-order valence-electron chi connectivity index (χ0n) is 10.4. The van der Waals surface area contributed by atoms with Crippen molar-refractivity contribution in [3.8, 4) is 0 Å². The van der Waals surface area contributed by atoms with Crippen LogP contribution in [0.1, 0.15) is 37.7 Å². The Balaban J connectivity index is 2.24. The van der Waals surface area contributed by atoms with E-state index in [-0.39, 0.29) is 16.9 Å². The van der Waals surface area contributed by atoms with E-state index in [0.29, 0.717) is 5.56 Å². The summed E-state index contributed by atoms with van der Waals surface area (Å²) in [7, 11) is -1.86. The normalized spacial score (nSPS) is 18.4. The Morgan fingerprint density at radius 2 is 2.11 bits per heavy atom. The molecule has 0 atom stereocenters. The van der Waals surface area contributed by atoms with Crippen LogP contribution in [0, 0.1) is 0 Å². The molecule has 0 aliphatic heterocycles. The Morgan fingerprint density at radius 3 is 2.72 bits per heavy atom. The summed E-state index contributed by atoms with van der Waals surface area (Å²) in [5, 5.41) is 6.45. The molecular formula is C11H18ClN3O2S. The van der Waals surface area contributed by atoms with Crippen LogP contribution in [0.25, 0.3) is 0 Å². The van der Waals surface area contributed by atoms with Crippen LogP contribution in [0.5, 0.6) is 0 Å². The molecule has 0 saturated heterocycles. The van der Waals surface area contributed by atoms with Crippen LogP contribution in [-0.2, 0) is 15.9 Å². The number of aromatic nitrogens is 2. The standard InChI is InChI=1S/C11H18ClN3O2S/c1-15(10-5-3-2-4-6-10)18(16,17)11-9(7-12)8-13-14-11/h8,10H,2-7H2,1H3,(H,13,14). The number of alkyl halides is 1. The number of halogens is 1. The summed E-state index contributed by atoms with van der Waals surface area (Å²) >= 11 is 5.73. The Kier molecular flexibility index (Phi) is 4.29. The molecule has 0 bridgehead atoms. The first-order valence-corrected chi connectivity index (χ1v) is 8.11. The van der Waals surface area contributed by atoms with Gasteiger partial charge in [-0.1, -0.05) is 19.3 Å². The molecule has 1 saturated carbocycles. The zero-order valence-corrected chi connectivity index (χ0v) is 12.0. The predicted octanol–water partition coefficient (Wildman–Crippen LogP) is 2.10. The van der Waals surface area contributed by atoms with Gasteiger partial charge in [0.05, 0.1) is 12.1 Å². The summed E-state index contributed by atoms with van der Waals surface area (Å²) in [4.78, 5) is 0. The van der Waals surface area contributed by atoms with E-state index in [1.807, 2.05) is 0 Å². The molecule has 1 fully saturated rings. The van der Waals surface area contributed by atoms with E-state index in [1.165, 1.54) is 16.9 Å². The van der Waals surface area contributed by atoms with Gasteiger partial charge in [0, 0.05) is 18.7 Å². The minimum atomic E-state index is -3.51. The highest BCUT2D eigenvalue weighted by atomic mass is 35.5. The van der Waals surface area contributed by atoms with Gasteiger partial charge in [0.2, 0.25) is 0 Å². The van der Waals surface area contributed by atoms with Gasteiger partial charge < -0.3 is 0 Å². The highest BCUT2D eigenvalue weighted by Crippen LogP contribution is 2.27. The van der Waals surface area contributed by atoms with Gasteiger partial charge in [0.15, 0.2) is 5.03 Å². The monoisotopic (exact) mass is 291 g/mol. The van der Waals surface area contributed by atoms with Gasteiger partial charge in [-0.3, -0.25) is 5.10 Å². The predicted molar refractivity (Wildman–Crippen MR) is 70.0 cm³/mol. The quantitative estimate of drug-likeness (QED) is 0.864. The molecule has 0 unspecified atom stereocenters. The third kappa shape index (κ3) is 2.55. The molecule has 7 heteroatoms. The van der Waals surface area contributed by atoms with Crippen LogP contribution in [0.3, 0.4) is 0 Å². The lowest BCUT2D eigenvalue weighted by Crippen LogP contribution is -2.38. The van der Waals surface area contributed by atoms with Gasteiger partial charge in [-0.2, -0.15) is 9.40 Å². The molecule has 0 spiro atoms. The first-order chi connectivity index (χ1) is 8.57. The molecule has 1 aromatic rings. The first kappa shape index (κ1) is 13.8. The lowest BCUT2D eigenvalue weighted by Gasteiger charge is -2.30. The molecule has 1 aliphatic rings. The van der Waals surface area contributed by atoms with E-state index in [9.17, 15) is 8.42 Å². The molecule has 102 valence electrons. The molecule has 0 aromatic carbocycles. The maximum atomic E-state index is 12.5. The first-order valence-electron chi connectivity index (χ1n) is 6.13. The number of H-pyrrole nitrogens is 1. The number of sulfonamides is 1. The molecule has 18 heavy (non-hydrogen) atoms. The van der Waals surface area contributed by atoms with Crippen molar-refractivity contribution < 1.29 is 8.42 Å². The number of aromatic amines is 1. The molecule has 1 aromatic heterocycles. The molecule has 0 radical (unpaired) electrons. The summed E-state index contributed by atoms with van der Waals surface area (Å²) in [6.45, 7) is 0. The van der Waals surface area contributed by atoms with Gasteiger partial charge in [-0.15, -0.1) is 11.6 Å². The van der Waals surface area contributed by atoms with E-state index < -0.39 is 10.0 Å². The van der Waals surface area contributed by atoms with Crippen LogP contribution >= 0.6 is 11.6 Å². The Bertz CT molecular complexity index is 494. The van der Waals surface area contributed by atoms with E-state index in [0.717, 1.165) is 25.7 Å². The summed E-state index contributed by atoms with van der Waals surface area (Å²) in [6, 6.07) is 0.0928. The minimum absolute atomic E-state index is 0.0928. The molecule has 2 rings (SSSR count). The fourth-order valence-electron chi connectivity index (χ4n) is 2.40. The highest BCUT2D eigenvalue weighted by molar-refractivity contribution is 7.89. The highest BCUT2D eigenvalue weighted by Gasteiger charge is 2.31. The second-order valence-corrected chi connectivity index (χ2v) is 6.87. The topological polar surface area (TPSA) is 66.1 Å². The fraction of sp³-hybridized carbons (Fsp3) is 0.727. The van der Waals surface area contributed by atoms with Gasteiger partial charge in [0.25, 0.3) is 10.0 Å². The van der Waals surface area contributed by atoms with Crippen molar-refractivity contribution >= 4 is 21.6 Å². The third-order valence-corrected chi connectivity index (χ3v) is 5.76. The van der Waals surface area contributed by atoms with E-state index in [1.54, 1.807) is 7.05 Å². The number of nitrogens with one attached hydrogen (secondary N) is 1. The molecule has 5 nitrogen and oxygen atoms in total. The number of hydrogen-bond donors (Lipinski definition) is 1. The van der Waals surface area contributed by atoms with Crippen molar-refractivity contribution in [2.75, 3.05) is 7.05 Å². The van der Waals surface area contributed by atoms with Gasteiger partial charge >= 0.3 is 0 Å². The van der Waals surface area contributed by atoms with Crippen LogP contribution in [0.15, 0.2) is 11.2 Å². The average molecular weight is 292 g/mol. The second kappa shape index (κ2) is 5.59. The van der Waals surface area contributed by atoms with E-state index in [2.05, 4.69) is 10.2 Å². The maximum absolute atomic E-state index is 12.5. The van der Waals surface area contributed by atoms with Crippen LogP contribution in [-0.4, -0.2) is 36.0 Å². The van der Waals surface area contributed by atoms with E-state index >= 15 is 0 Å². The van der Waals surface area contributed by atoms with Gasteiger partial charge in [-0.05, 0) is 12.8 Å². The van der Waals surface area contributed by atoms with Crippen molar-refractivity contribution in [3.63, 3.8) is 0 Å². The zero-order chi connectivity index (χ0) is 13.2. The SMILES string of the molecule is CN(C1CCCCC1)S(=O)(=O)c1[nH]ncc1CCl. The van der Waals surface area contributed by atoms with Crippen molar-refractivity contribution in [2.24, 2.45) is 0 Å². The van der Waals surface area contributed by atoms with E-state index in [4.69, 9.17) is 11.6 Å². The third-order valence-electron chi connectivity index (χ3n) is 3.55. The van der Waals surface area contributed by atoms with Crippen LogP contribution < -0.4 is 0 Å². The van der Waals surface area contributed by atoms with Crippen LogP contribution in [0.2, 0.25) is 0 Å². The summed E-state index contributed by atoms with van der Waals surface area (Å²) in [5.74, 6) is 0.142. The summed E-state index contributed by atoms with van der Waals surface area (Å²) < 4.78 is 26.4. The van der Waals surface area contributed by atoms with Crippen LogP contribution in [0.4, 0.5) is 0 Å². The minimum Gasteiger partial charge on any atom is -0.266 e. The molecule has 0 amide bonds. The van der Waals surface area contributed by atoms with Crippen molar-refractivity contribution in [1.82, 2.24) is 14.5 Å². The van der Waals surface area contributed by atoms with Gasteiger partial charge in [-0.25, -0.2) is 8.42 Å². The van der Waals surface area contributed by atoms with Crippen molar-refractivity contribution in [2.45, 2.75) is 49.1 Å². The number of rotatable bonds is 4. The second-order valence-electron chi connectivity index (χ2n) is 4.67. The van der Waals surface area contributed by atoms with Crippen molar-refractivity contribution in [1.29, 1.82) is 0 Å². The van der Waals surface area contributed by atoms with Crippen molar-refractivity contribution in [3.05, 3.63) is 11.8 Å². The smallest absolute Gasteiger partial charge is 0.260 e. The van der Waals surface area contributed by atoms with Gasteiger partial charge in [0.1, 0.15) is 0 Å². The Hall–Kier alpha value is -0.590. The fourth-order valence-corrected chi connectivity index (χ4v) is 4.20.